The van der Waals surface area contributed by atoms with Gasteiger partial charge in [0.05, 0.1) is 23.5 Å². The second-order valence-corrected chi connectivity index (χ2v) is 10.7. The lowest BCUT2D eigenvalue weighted by Crippen LogP contribution is -2.29. The Morgan fingerprint density at radius 1 is 1.24 bits per heavy atom. The molecule has 3 heterocycles. The van der Waals surface area contributed by atoms with E-state index in [4.69, 9.17) is 27.9 Å². The van der Waals surface area contributed by atoms with E-state index in [1.54, 1.807) is 19.2 Å². The smallest absolute Gasteiger partial charge is 0.231 e. The number of ether oxygens (including phenoxy) is 1. The first-order chi connectivity index (χ1) is 16.1. The highest BCUT2D eigenvalue weighted by Crippen LogP contribution is 2.38. The molecule has 1 saturated heterocycles. The molecule has 182 valence electrons. The first-order valence-corrected chi connectivity index (χ1v) is 13.3. The molecule has 0 bridgehead atoms. The predicted octanol–water partition coefficient (Wildman–Crippen LogP) is 4.83. The van der Waals surface area contributed by atoms with Crippen molar-refractivity contribution >= 4 is 39.0 Å². The van der Waals surface area contributed by atoms with Gasteiger partial charge in [-0.3, -0.25) is 9.40 Å². The van der Waals surface area contributed by atoms with Gasteiger partial charge >= 0.3 is 0 Å². The maximum Gasteiger partial charge on any atom is 0.231 e. The Kier molecular flexibility index (Phi) is 7.32. The van der Waals surface area contributed by atoms with Gasteiger partial charge < -0.3 is 10.1 Å². The molecule has 34 heavy (non-hydrogen) atoms. The first-order valence-electron chi connectivity index (χ1n) is 10.7. The van der Waals surface area contributed by atoms with Crippen LogP contribution in [0.25, 0.3) is 11.1 Å². The van der Waals surface area contributed by atoms with E-state index in [9.17, 15) is 12.8 Å². The van der Waals surface area contributed by atoms with Crippen LogP contribution in [0.5, 0.6) is 5.75 Å². The van der Waals surface area contributed by atoms with Crippen molar-refractivity contribution in [2.24, 2.45) is 0 Å². The zero-order chi connectivity index (χ0) is 24.5. The van der Waals surface area contributed by atoms with Crippen LogP contribution in [0, 0.1) is 5.82 Å². The molecule has 12 heteroatoms. The van der Waals surface area contributed by atoms with Crippen molar-refractivity contribution < 1.29 is 17.5 Å². The summed E-state index contributed by atoms with van der Waals surface area (Å²) < 4.78 is 48.1. The molecule has 0 spiro atoms. The van der Waals surface area contributed by atoms with E-state index in [-0.39, 0.29) is 27.2 Å². The molecule has 4 rings (SSSR count). The number of sulfonamides is 1. The molecular formula is C22H24Cl2FN5O3S. The lowest BCUT2D eigenvalue weighted by molar-refractivity contribution is 0.227. The summed E-state index contributed by atoms with van der Waals surface area (Å²) in [4.78, 5) is 4.27. The number of piperidine rings is 1. The Labute approximate surface area is 207 Å². The second-order valence-electron chi connectivity index (χ2n) is 8.15. The van der Waals surface area contributed by atoms with Crippen molar-refractivity contribution in [2.75, 3.05) is 24.1 Å². The highest BCUT2D eigenvalue weighted by Gasteiger charge is 2.22. The number of pyridine rings is 1. The van der Waals surface area contributed by atoms with Crippen LogP contribution in [0.3, 0.4) is 0 Å². The fourth-order valence-corrected chi connectivity index (χ4v) is 5.05. The van der Waals surface area contributed by atoms with Gasteiger partial charge in [-0.25, -0.2) is 17.8 Å². The molecule has 0 aliphatic carbocycles. The predicted molar refractivity (Wildman–Crippen MR) is 131 cm³/mol. The van der Waals surface area contributed by atoms with E-state index in [1.807, 2.05) is 10.9 Å². The molecule has 3 aromatic rings. The van der Waals surface area contributed by atoms with E-state index in [2.05, 4.69) is 20.1 Å². The number of nitrogens with one attached hydrogen (secondary N) is 2. The fraction of sp³-hybridized carbons (Fsp3) is 0.364. The van der Waals surface area contributed by atoms with Crippen LogP contribution >= 0.6 is 23.2 Å². The maximum atomic E-state index is 14.0. The summed E-state index contributed by atoms with van der Waals surface area (Å²) in [7, 11) is -3.64. The lowest BCUT2D eigenvalue weighted by atomic mass is 10.1. The van der Waals surface area contributed by atoms with Gasteiger partial charge in [0.2, 0.25) is 10.0 Å². The Morgan fingerprint density at radius 2 is 1.97 bits per heavy atom. The second kappa shape index (κ2) is 10.1. The summed E-state index contributed by atoms with van der Waals surface area (Å²) in [5.41, 5.74) is 1.73. The number of nitrogens with zero attached hydrogens (tertiary/aromatic N) is 3. The van der Waals surface area contributed by atoms with Gasteiger partial charge in [-0.05, 0) is 51.1 Å². The van der Waals surface area contributed by atoms with Crippen molar-refractivity contribution in [3.8, 4) is 16.9 Å². The highest BCUT2D eigenvalue weighted by molar-refractivity contribution is 7.92. The quantitative estimate of drug-likeness (QED) is 0.427. The van der Waals surface area contributed by atoms with E-state index >= 15 is 0 Å². The number of anilines is 1. The molecule has 1 aliphatic heterocycles. The normalized spacial score (nSPS) is 15.8. The third-order valence-electron chi connectivity index (χ3n) is 5.54. The molecule has 1 atom stereocenters. The third-order valence-corrected chi connectivity index (χ3v) is 6.82. The fourth-order valence-electron chi connectivity index (χ4n) is 3.87. The van der Waals surface area contributed by atoms with Gasteiger partial charge in [0.25, 0.3) is 0 Å². The highest BCUT2D eigenvalue weighted by atomic mass is 35.5. The molecule has 0 unspecified atom stereocenters. The van der Waals surface area contributed by atoms with Gasteiger partial charge in [0, 0.05) is 34.1 Å². The van der Waals surface area contributed by atoms with Gasteiger partial charge in [0.15, 0.2) is 11.6 Å². The number of halogens is 3. The number of hydrogen-bond acceptors (Lipinski definition) is 6. The van der Waals surface area contributed by atoms with Crippen molar-refractivity contribution in [2.45, 2.75) is 31.9 Å². The largest absolute Gasteiger partial charge is 0.482 e. The molecular weight excluding hydrogens is 504 g/mol. The van der Waals surface area contributed by atoms with Crippen LogP contribution in [0.1, 0.15) is 37.5 Å². The minimum absolute atomic E-state index is 0.00695. The number of hydrogen-bond donors (Lipinski definition) is 2. The molecule has 2 aromatic heterocycles. The van der Waals surface area contributed by atoms with Gasteiger partial charge in [0.1, 0.15) is 11.9 Å². The molecule has 1 fully saturated rings. The van der Waals surface area contributed by atoms with E-state index in [0.717, 1.165) is 37.8 Å². The molecule has 1 aromatic carbocycles. The zero-order valence-electron chi connectivity index (χ0n) is 18.6. The Bertz CT molecular complexity index is 1300. The summed E-state index contributed by atoms with van der Waals surface area (Å²) in [6, 6.07) is 4.51. The van der Waals surface area contributed by atoms with E-state index in [0.29, 0.717) is 11.6 Å². The summed E-state index contributed by atoms with van der Waals surface area (Å²) in [6.45, 7) is 3.52. The Hall–Kier alpha value is -2.40. The SMILES string of the molecule is C[C@@H](Oc1cc(-c2cnn(C3CCNCC3)c2)cnc1NS(C)(=O)=O)c1c(Cl)ccc(F)c1Cl. The van der Waals surface area contributed by atoms with E-state index < -0.39 is 21.9 Å². The lowest BCUT2D eigenvalue weighted by Gasteiger charge is -2.22. The number of aromatic nitrogens is 3. The summed E-state index contributed by atoms with van der Waals surface area (Å²) >= 11 is 12.4. The average molecular weight is 528 g/mol. The summed E-state index contributed by atoms with van der Waals surface area (Å²) in [5.74, 6) is -0.503. The van der Waals surface area contributed by atoms with Gasteiger partial charge in [-0.15, -0.1) is 0 Å². The minimum Gasteiger partial charge on any atom is -0.482 e. The van der Waals surface area contributed by atoms with Crippen LogP contribution < -0.4 is 14.8 Å². The first kappa shape index (κ1) is 24.7. The van der Waals surface area contributed by atoms with Crippen LogP contribution in [-0.4, -0.2) is 42.5 Å². The topological polar surface area (TPSA) is 98.1 Å². The molecule has 0 saturated carbocycles. The molecule has 0 amide bonds. The van der Waals surface area contributed by atoms with Crippen LogP contribution in [0.4, 0.5) is 10.2 Å². The van der Waals surface area contributed by atoms with Gasteiger partial charge in [-0.2, -0.15) is 5.10 Å². The van der Waals surface area contributed by atoms with E-state index in [1.165, 1.54) is 18.3 Å². The summed E-state index contributed by atoms with van der Waals surface area (Å²) in [5, 5.41) is 7.90. The zero-order valence-corrected chi connectivity index (χ0v) is 20.9. The number of rotatable bonds is 7. The van der Waals surface area contributed by atoms with Crippen LogP contribution in [0.2, 0.25) is 10.0 Å². The molecule has 1 aliphatic rings. The number of benzene rings is 1. The molecule has 0 radical (unpaired) electrons. The molecule has 8 nitrogen and oxygen atoms in total. The summed E-state index contributed by atoms with van der Waals surface area (Å²) in [6.07, 6.45) is 7.39. The molecule has 2 N–H and O–H groups in total. The van der Waals surface area contributed by atoms with Crippen molar-refractivity contribution in [1.82, 2.24) is 20.1 Å². The van der Waals surface area contributed by atoms with Gasteiger partial charge in [-0.1, -0.05) is 23.2 Å². The Balaban J connectivity index is 1.68. The van der Waals surface area contributed by atoms with Crippen LogP contribution in [0.15, 0.2) is 36.8 Å². The van der Waals surface area contributed by atoms with Crippen molar-refractivity contribution in [1.29, 1.82) is 0 Å². The monoisotopic (exact) mass is 527 g/mol. The maximum absolute atomic E-state index is 14.0. The standard InChI is InChI=1S/C22H24Cl2FN5O3S/c1-13(20-17(23)3-4-18(25)21(20)24)33-19-9-14(10-27-22(19)29-34(2,31)32)15-11-28-30(12-15)16-5-7-26-8-6-16/h3-4,9-13,16,26H,5-8H2,1-2H3,(H,27,29)/t13-/m1/s1. The van der Waals surface area contributed by atoms with Crippen LogP contribution in [-0.2, 0) is 10.0 Å². The van der Waals surface area contributed by atoms with Crippen molar-refractivity contribution in [3.05, 3.63) is 58.2 Å². The third kappa shape index (κ3) is 5.63. The minimum atomic E-state index is -3.64. The Morgan fingerprint density at radius 3 is 2.68 bits per heavy atom. The average Bonchev–Trinajstić information content (AvgIpc) is 3.28. The van der Waals surface area contributed by atoms with Crippen molar-refractivity contribution in [3.63, 3.8) is 0 Å².